The zero-order chi connectivity index (χ0) is 19.1. The number of anilines is 1. The molecule has 0 saturated heterocycles. The van der Waals surface area contributed by atoms with E-state index < -0.39 is 0 Å². The molecule has 0 radical (unpaired) electrons. The molecule has 0 unspecified atom stereocenters. The van der Waals surface area contributed by atoms with Crippen molar-refractivity contribution < 1.29 is 14.3 Å². The Kier molecular flexibility index (Phi) is 4.74. The van der Waals surface area contributed by atoms with E-state index in [9.17, 15) is 4.79 Å². The third-order valence-corrected chi connectivity index (χ3v) is 6.49. The van der Waals surface area contributed by atoms with Crippen LogP contribution in [0, 0.1) is 0 Å². The molecule has 0 aliphatic carbocycles. The van der Waals surface area contributed by atoms with Crippen molar-refractivity contribution in [3.63, 3.8) is 0 Å². The lowest BCUT2D eigenvalue weighted by molar-refractivity contribution is 0.0934. The highest BCUT2D eigenvalue weighted by atomic mass is 32.1. The Morgan fingerprint density at radius 3 is 2.74 bits per heavy atom. The van der Waals surface area contributed by atoms with Gasteiger partial charge in [0.15, 0.2) is 0 Å². The highest BCUT2D eigenvalue weighted by Crippen LogP contribution is 2.42. The first-order valence-corrected chi connectivity index (χ1v) is 10.0. The van der Waals surface area contributed by atoms with Gasteiger partial charge in [-0.3, -0.25) is 9.69 Å². The van der Waals surface area contributed by atoms with Crippen LogP contribution in [-0.4, -0.2) is 37.6 Å². The Hall–Kier alpha value is -2.25. The molecule has 3 heterocycles. The number of fused-ring (bicyclic) bond motifs is 3. The van der Waals surface area contributed by atoms with Crippen molar-refractivity contribution in [1.82, 2.24) is 10.2 Å². The lowest BCUT2D eigenvalue weighted by Gasteiger charge is -2.31. The molecule has 0 bridgehead atoms. The summed E-state index contributed by atoms with van der Waals surface area (Å²) >= 11 is 1.70. The summed E-state index contributed by atoms with van der Waals surface area (Å²) in [4.78, 5) is 16.7. The molecule has 0 spiro atoms. The summed E-state index contributed by atoms with van der Waals surface area (Å²) < 4.78 is 10.8. The number of thiophene rings is 1. The summed E-state index contributed by atoms with van der Waals surface area (Å²) in [5.74, 6) is 1.39. The zero-order valence-corrected chi connectivity index (χ0v) is 16.9. The predicted octanol–water partition coefficient (Wildman–Crippen LogP) is 3.39. The van der Waals surface area contributed by atoms with Gasteiger partial charge in [-0.15, -0.1) is 11.3 Å². The maximum Gasteiger partial charge on any atom is 0.256 e. The third-order valence-electron chi connectivity index (χ3n) is 5.35. The van der Waals surface area contributed by atoms with Crippen molar-refractivity contribution in [2.75, 3.05) is 26.1 Å². The van der Waals surface area contributed by atoms with E-state index in [4.69, 9.17) is 9.47 Å². The number of nitrogens with one attached hydrogen (secondary N) is 2. The summed E-state index contributed by atoms with van der Waals surface area (Å²) in [6.45, 7) is 6.35. The number of amides is 1. The second-order valence-electron chi connectivity index (χ2n) is 7.18. The number of rotatable bonds is 4. The van der Waals surface area contributed by atoms with E-state index in [0.29, 0.717) is 11.8 Å². The molecule has 1 aromatic carbocycles. The molecule has 0 fully saturated rings. The van der Waals surface area contributed by atoms with E-state index >= 15 is 0 Å². The Labute approximate surface area is 163 Å². The van der Waals surface area contributed by atoms with Crippen LogP contribution in [0.25, 0.3) is 0 Å². The first-order valence-electron chi connectivity index (χ1n) is 9.19. The molecular formula is C20H25N3O3S. The van der Waals surface area contributed by atoms with Crippen LogP contribution in [0.3, 0.4) is 0 Å². The van der Waals surface area contributed by atoms with Gasteiger partial charge in [0.1, 0.15) is 22.7 Å². The lowest BCUT2D eigenvalue weighted by atomic mass is 9.99. The number of benzene rings is 1. The summed E-state index contributed by atoms with van der Waals surface area (Å²) in [7, 11) is 3.25. The van der Waals surface area contributed by atoms with Crippen LogP contribution in [0.1, 0.15) is 46.4 Å². The van der Waals surface area contributed by atoms with Gasteiger partial charge in [-0.2, -0.15) is 0 Å². The predicted molar refractivity (Wildman–Crippen MR) is 107 cm³/mol. The number of methoxy groups -OCH3 is 2. The summed E-state index contributed by atoms with van der Waals surface area (Å²) in [5, 5.41) is 7.55. The van der Waals surface area contributed by atoms with Crippen molar-refractivity contribution in [2.45, 2.75) is 39.0 Å². The van der Waals surface area contributed by atoms with Crippen LogP contribution in [0.4, 0.5) is 5.00 Å². The van der Waals surface area contributed by atoms with Gasteiger partial charge < -0.3 is 20.1 Å². The van der Waals surface area contributed by atoms with Crippen LogP contribution >= 0.6 is 11.3 Å². The fourth-order valence-electron chi connectivity index (χ4n) is 3.79. The van der Waals surface area contributed by atoms with Crippen LogP contribution in [0.15, 0.2) is 18.2 Å². The second-order valence-corrected chi connectivity index (χ2v) is 8.29. The monoisotopic (exact) mass is 387 g/mol. The van der Waals surface area contributed by atoms with E-state index in [1.54, 1.807) is 25.6 Å². The first kappa shape index (κ1) is 18.1. The molecule has 6 nitrogen and oxygen atoms in total. The highest BCUT2D eigenvalue weighted by molar-refractivity contribution is 7.16. The average molecular weight is 388 g/mol. The number of ether oxygens (including phenoxy) is 2. The largest absolute Gasteiger partial charge is 0.497 e. The van der Waals surface area contributed by atoms with Gasteiger partial charge in [0.25, 0.3) is 5.91 Å². The molecule has 2 aliphatic rings. The molecule has 0 saturated carbocycles. The Balaban J connectivity index is 1.66. The fraction of sp³-hybridized carbons (Fsp3) is 0.450. The van der Waals surface area contributed by atoms with Crippen molar-refractivity contribution in [3.8, 4) is 11.5 Å². The van der Waals surface area contributed by atoms with Gasteiger partial charge in [-0.25, -0.2) is 0 Å². The number of hydrogen-bond donors (Lipinski definition) is 2. The zero-order valence-electron chi connectivity index (χ0n) is 16.1. The van der Waals surface area contributed by atoms with E-state index in [-0.39, 0.29) is 12.1 Å². The Bertz CT molecular complexity index is 878. The molecule has 144 valence electrons. The molecule has 27 heavy (non-hydrogen) atoms. The topological polar surface area (TPSA) is 62.8 Å². The second kappa shape index (κ2) is 7.05. The number of hydrogen-bond acceptors (Lipinski definition) is 6. The van der Waals surface area contributed by atoms with Crippen molar-refractivity contribution in [3.05, 3.63) is 39.8 Å². The smallest absolute Gasteiger partial charge is 0.256 e. The van der Waals surface area contributed by atoms with Gasteiger partial charge in [-0.1, -0.05) is 0 Å². The third kappa shape index (κ3) is 3.15. The van der Waals surface area contributed by atoms with Crippen LogP contribution in [0.5, 0.6) is 11.5 Å². The molecule has 2 aromatic rings. The van der Waals surface area contributed by atoms with Crippen LogP contribution in [-0.2, 0) is 13.0 Å². The molecule has 1 amide bonds. The van der Waals surface area contributed by atoms with E-state index in [0.717, 1.165) is 41.4 Å². The van der Waals surface area contributed by atoms with Crippen molar-refractivity contribution >= 4 is 22.2 Å². The average Bonchev–Trinajstić information content (AvgIpc) is 3.05. The summed E-state index contributed by atoms with van der Waals surface area (Å²) in [6.07, 6.45) is 0.595. The number of carbonyl (C=O) groups is 1. The van der Waals surface area contributed by atoms with Gasteiger partial charge in [0.05, 0.1) is 19.8 Å². The molecule has 2 N–H and O–H groups in total. The minimum Gasteiger partial charge on any atom is -0.497 e. The van der Waals surface area contributed by atoms with Crippen molar-refractivity contribution in [2.24, 2.45) is 0 Å². The van der Waals surface area contributed by atoms with Gasteiger partial charge in [0.2, 0.25) is 0 Å². The van der Waals surface area contributed by atoms with Crippen LogP contribution in [0.2, 0.25) is 0 Å². The van der Waals surface area contributed by atoms with Gasteiger partial charge in [-0.05, 0) is 38.0 Å². The van der Waals surface area contributed by atoms with Gasteiger partial charge >= 0.3 is 0 Å². The van der Waals surface area contributed by atoms with E-state index in [2.05, 4.69) is 29.4 Å². The minimum atomic E-state index is -0.327. The SMILES string of the molecule is COc1ccc([C@@H]2NC(=O)c3c(sc4c3CCN(C(C)C)C4)N2)c(OC)c1. The van der Waals surface area contributed by atoms with Crippen LogP contribution < -0.4 is 20.1 Å². The summed E-state index contributed by atoms with van der Waals surface area (Å²) in [5.41, 5.74) is 2.91. The molecule has 1 aromatic heterocycles. The molecule has 2 aliphatic heterocycles. The molecule has 1 atom stereocenters. The standard InChI is InChI=1S/C20H25N3O3S/c1-11(2)23-8-7-14-16(10-23)27-20-17(14)19(24)21-18(22-20)13-6-5-12(25-3)9-15(13)26-4/h5-6,9,11,18,22H,7-8,10H2,1-4H3,(H,21,24)/t18-/m1/s1. The highest BCUT2D eigenvalue weighted by Gasteiger charge is 2.34. The lowest BCUT2D eigenvalue weighted by Crippen LogP contribution is -2.39. The van der Waals surface area contributed by atoms with E-state index in [1.165, 1.54) is 10.4 Å². The number of carbonyl (C=O) groups excluding carboxylic acids is 1. The Morgan fingerprint density at radius 2 is 2.04 bits per heavy atom. The maximum atomic E-state index is 12.9. The van der Waals surface area contributed by atoms with Crippen molar-refractivity contribution in [1.29, 1.82) is 0 Å². The molecular weight excluding hydrogens is 362 g/mol. The maximum absolute atomic E-state index is 12.9. The quantitative estimate of drug-likeness (QED) is 0.842. The first-order chi connectivity index (χ1) is 13.0. The number of nitrogens with zero attached hydrogens (tertiary/aromatic N) is 1. The van der Waals surface area contributed by atoms with Gasteiger partial charge in [0, 0.05) is 35.6 Å². The molecule has 7 heteroatoms. The van der Waals surface area contributed by atoms with E-state index in [1.807, 2.05) is 18.2 Å². The molecule has 4 rings (SSSR count). The normalized spacial score (nSPS) is 19.1. The Morgan fingerprint density at radius 1 is 1.22 bits per heavy atom. The minimum absolute atomic E-state index is 0.0119. The fourth-order valence-corrected chi connectivity index (χ4v) is 5.09. The summed E-state index contributed by atoms with van der Waals surface area (Å²) in [6, 6.07) is 6.14.